The second-order valence-corrected chi connectivity index (χ2v) is 7.28. The Labute approximate surface area is 166 Å². The van der Waals surface area contributed by atoms with E-state index in [1.807, 2.05) is 16.7 Å². The topological polar surface area (TPSA) is 92.8 Å². The van der Waals surface area contributed by atoms with Crippen LogP contribution in [0.15, 0.2) is 59.8 Å². The van der Waals surface area contributed by atoms with Crippen molar-refractivity contribution in [2.75, 3.05) is 0 Å². The Morgan fingerprint density at radius 2 is 1.97 bits per heavy atom. The van der Waals surface area contributed by atoms with Crippen LogP contribution in [0.2, 0.25) is 0 Å². The van der Waals surface area contributed by atoms with Gasteiger partial charge in [0.2, 0.25) is 0 Å². The molecule has 0 spiro atoms. The van der Waals surface area contributed by atoms with Gasteiger partial charge in [0.25, 0.3) is 11.5 Å². The Morgan fingerprint density at radius 1 is 1.07 bits per heavy atom. The van der Waals surface area contributed by atoms with E-state index < -0.39 is 5.91 Å². The molecule has 29 heavy (non-hydrogen) atoms. The van der Waals surface area contributed by atoms with Crippen molar-refractivity contribution in [3.05, 3.63) is 82.3 Å². The molecule has 0 saturated heterocycles. The average molecular weight is 388 g/mol. The molecule has 8 heteroatoms. The SMILES string of the molecule is O=C(NCc1cn2cc(CNC3CC3)ccc2n1)c1cc(=O)n2ccccc2n1. The number of carbonyl (C=O) groups excluding carboxylic acids is 1. The second-order valence-electron chi connectivity index (χ2n) is 7.28. The number of pyridine rings is 2. The van der Waals surface area contributed by atoms with Crippen molar-refractivity contribution in [3.8, 4) is 0 Å². The van der Waals surface area contributed by atoms with Crippen molar-refractivity contribution in [2.24, 2.45) is 0 Å². The van der Waals surface area contributed by atoms with Gasteiger partial charge in [0, 0.05) is 37.2 Å². The summed E-state index contributed by atoms with van der Waals surface area (Å²) in [6.07, 6.45) is 8.09. The zero-order valence-electron chi connectivity index (χ0n) is 15.7. The lowest BCUT2D eigenvalue weighted by Gasteiger charge is -2.04. The van der Waals surface area contributed by atoms with Crippen LogP contribution in [-0.2, 0) is 13.1 Å². The van der Waals surface area contributed by atoms with E-state index in [4.69, 9.17) is 0 Å². The van der Waals surface area contributed by atoms with Gasteiger partial charge in [-0.1, -0.05) is 12.1 Å². The lowest BCUT2D eigenvalue weighted by molar-refractivity contribution is 0.0945. The van der Waals surface area contributed by atoms with Gasteiger partial charge in [0.15, 0.2) is 0 Å². The van der Waals surface area contributed by atoms with Crippen LogP contribution in [0.1, 0.15) is 34.6 Å². The van der Waals surface area contributed by atoms with E-state index in [0.29, 0.717) is 11.7 Å². The minimum Gasteiger partial charge on any atom is -0.345 e. The summed E-state index contributed by atoms with van der Waals surface area (Å²) in [5, 5.41) is 6.29. The van der Waals surface area contributed by atoms with Crippen LogP contribution in [-0.4, -0.2) is 30.7 Å². The van der Waals surface area contributed by atoms with Crippen LogP contribution in [0.5, 0.6) is 0 Å². The highest BCUT2D eigenvalue weighted by Gasteiger charge is 2.20. The minimum atomic E-state index is -0.403. The number of amides is 1. The van der Waals surface area contributed by atoms with Crippen LogP contribution >= 0.6 is 0 Å². The Morgan fingerprint density at radius 3 is 2.83 bits per heavy atom. The normalized spacial score (nSPS) is 13.8. The zero-order valence-corrected chi connectivity index (χ0v) is 15.7. The third-order valence-corrected chi connectivity index (χ3v) is 4.97. The summed E-state index contributed by atoms with van der Waals surface area (Å²) in [5.74, 6) is -0.403. The van der Waals surface area contributed by atoms with E-state index in [2.05, 4.69) is 32.9 Å². The maximum atomic E-state index is 12.5. The van der Waals surface area contributed by atoms with Crippen molar-refractivity contribution in [3.63, 3.8) is 0 Å². The summed E-state index contributed by atoms with van der Waals surface area (Å²) in [4.78, 5) is 33.4. The standard InChI is InChI=1S/C21H20N6O2/c28-20-9-17(25-19-3-1-2-8-27(19)20)21(29)23-11-16-13-26-12-14(4-7-18(26)24-16)10-22-15-5-6-15/h1-4,7-9,12-13,15,22H,5-6,10-11H2,(H,23,29). The third kappa shape index (κ3) is 3.74. The number of aromatic nitrogens is 4. The molecule has 1 amide bonds. The molecule has 4 aromatic rings. The van der Waals surface area contributed by atoms with Crippen molar-refractivity contribution in [1.29, 1.82) is 0 Å². The predicted molar refractivity (Wildman–Crippen MR) is 108 cm³/mol. The molecule has 0 atom stereocenters. The first-order chi connectivity index (χ1) is 14.2. The predicted octanol–water partition coefficient (Wildman–Crippen LogP) is 1.52. The molecule has 1 fully saturated rings. The number of hydrogen-bond acceptors (Lipinski definition) is 5. The molecule has 0 aromatic carbocycles. The number of fused-ring (bicyclic) bond motifs is 2. The van der Waals surface area contributed by atoms with Crippen molar-refractivity contribution < 1.29 is 4.79 Å². The second kappa shape index (κ2) is 7.14. The molecule has 146 valence electrons. The van der Waals surface area contributed by atoms with Gasteiger partial charge in [0.1, 0.15) is 17.0 Å². The first kappa shape index (κ1) is 17.6. The molecule has 2 N–H and O–H groups in total. The molecule has 4 aromatic heterocycles. The molecule has 0 unspecified atom stereocenters. The van der Waals surface area contributed by atoms with E-state index in [-0.39, 0.29) is 17.8 Å². The molecular weight excluding hydrogens is 368 g/mol. The van der Waals surface area contributed by atoms with Gasteiger partial charge in [0.05, 0.1) is 12.2 Å². The molecule has 1 saturated carbocycles. The summed E-state index contributed by atoms with van der Waals surface area (Å²) in [6.45, 7) is 1.10. The number of rotatable bonds is 6. The monoisotopic (exact) mass is 388 g/mol. The van der Waals surface area contributed by atoms with E-state index in [9.17, 15) is 9.59 Å². The van der Waals surface area contributed by atoms with Crippen LogP contribution in [0, 0.1) is 0 Å². The van der Waals surface area contributed by atoms with E-state index in [1.54, 1.807) is 24.4 Å². The molecule has 0 radical (unpaired) electrons. The third-order valence-electron chi connectivity index (χ3n) is 4.97. The number of nitrogens with zero attached hydrogens (tertiary/aromatic N) is 4. The smallest absolute Gasteiger partial charge is 0.270 e. The fourth-order valence-electron chi connectivity index (χ4n) is 3.26. The van der Waals surface area contributed by atoms with Gasteiger partial charge < -0.3 is 15.0 Å². The van der Waals surface area contributed by atoms with Gasteiger partial charge in [-0.3, -0.25) is 14.0 Å². The van der Waals surface area contributed by atoms with Crippen LogP contribution < -0.4 is 16.2 Å². The molecule has 8 nitrogen and oxygen atoms in total. The molecule has 1 aliphatic rings. The fourth-order valence-corrected chi connectivity index (χ4v) is 3.26. The van der Waals surface area contributed by atoms with Crippen LogP contribution in [0.4, 0.5) is 0 Å². The summed E-state index contributed by atoms with van der Waals surface area (Å²) in [7, 11) is 0. The van der Waals surface area contributed by atoms with Crippen molar-refractivity contribution in [1.82, 2.24) is 29.4 Å². The molecule has 0 bridgehead atoms. The summed E-state index contributed by atoms with van der Waals surface area (Å²) in [6, 6.07) is 11.1. The van der Waals surface area contributed by atoms with Gasteiger partial charge in [-0.15, -0.1) is 0 Å². The van der Waals surface area contributed by atoms with Gasteiger partial charge in [-0.2, -0.15) is 0 Å². The van der Waals surface area contributed by atoms with Gasteiger partial charge in [-0.05, 0) is 36.6 Å². The highest BCUT2D eigenvalue weighted by atomic mass is 16.2. The number of nitrogens with one attached hydrogen (secondary N) is 2. The molecular formula is C21H20N6O2. The maximum Gasteiger partial charge on any atom is 0.270 e. The number of carbonyl (C=O) groups is 1. The van der Waals surface area contributed by atoms with Crippen molar-refractivity contribution in [2.45, 2.75) is 32.0 Å². The minimum absolute atomic E-state index is 0.0957. The van der Waals surface area contributed by atoms with Gasteiger partial charge >= 0.3 is 0 Å². The summed E-state index contributed by atoms with van der Waals surface area (Å²) in [5.41, 5.74) is 3.00. The fraction of sp³-hybridized carbons (Fsp3) is 0.238. The quantitative estimate of drug-likeness (QED) is 0.523. The lowest BCUT2D eigenvalue weighted by atomic mass is 10.3. The lowest BCUT2D eigenvalue weighted by Crippen LogP contribution is -2.27. The number of hydrogen-bond donors (Lipinski definition) is 2. The first-order valence-corrected chi connectivity index (χ1v) is 9.62. The van der Waals surface area contributed by atoms with Crippen LogP contribution in [0.3, 0.4) is 0 Å². The summed E-state index contributed by atoms with van der Waals surface area (Å²) < 4.78 is 3.36. The summed E-state index contributed by atoms with van der Waals surface area (Å²) >= 11 is 0. The number of imidazole rings is 1. The first-order valence-electron chi connectivity index (χ1n) is 9.62. The van der Waals surface area contributed by atoms with Crippen LogP contribution in [0.25, 0.3) is 11.3 Å². The average Bonchev–Trinajstić information content (AvgIpc) is 3.48. The molecule has 0 aliphatic heterocycles. The Kier molecular flexibility index (Phi) is 4.33. The Bertz CT molecular complexity index is 1270. The molecule has 1 aliphatic carbocycles. The van der Waals surface area contributed by atoms with Gasteiger partial charge in [-0.25, -0.2) is 9.97 Å². The highest BCUT2D eigenvalue weighted by molar-refractivity contribution is 5.92. The van der Waals surface area contributed by atoms with E-state index >= 15 is 0 Å². The van der Waals surface area contributed by atoms with Crippen molar-refractivity contribution >= 4 is 17.2 Å². The van der Waals surface area contributed by atoms with E-state index in [0.717, 1.165) is 17.9 Å². The van der Waals surface area contributed by atoms with E-state index in [1.165, 1.54) is 28.9 Å². The largest absolute Gasteiger partial charge is 0.345 e. The highest BCUT2D eigenvalue weighted by Crippen LogP contribution is 2.19. The Balaban J connectivity index is 1.29. The Hall–Kier alpha value is -3.52. The maximum absolute atomic E-state index is 12.5. The molecule has 5 rings (SSSR count). The molecule has 4 heterocycles. The zero-order chi connectivity index (χ0) is 19.8.